The van der Waals surface area contributed by atoms with Gasteiger partial charge in [-0.25, -0.2) is 4.68 Å². The first-order valence-corrected chi connectivity index (χ1v) is 11.0. The van der Waals surface area contributed by atoms with Gasteiger partial charge >= 0.3 is 0 Å². The van der Waals surface area contributed by atoms with E-state index in [1.807, 2.05) is 84.9 Å². The average Bonchev–Trinajstić information content (AvgIpc) is 3.22. The van der Waals surface area contributed by atoms with Crippen molar-refractivity contribution in [2.75, 3.05) is 24.4 Å². The molecule has 162 valence electrons. The van der Waals surface area contributed by atoms with E-state index >= 15 is 0 Å². The molecule has 8 heteroatoms. The highest BCUT2D eigenvalue weighted by atomic mass is 32.2. The van der Waals surface area contributed by atoms with Gasteiger partial charge in [0, 0.05) is 24.1 Å². The Bertz CT molecular complexity index is 1160. The lowest BCUT2D eigenvalue weighted by molar-refractivity contribution is -0.120. The Kier molecular flexibility index (Phi) is 6.72. The van der Waals surface area contributed by atoms with Crippen LogP contribution in [0.4, 0.5) is 5.69 Å². The summed E-state index contributed by atoms with van der Waals surface area (Å²) in [6.45, 7) is -0.0297. The molecule has 0 saturated carbocycles. The summed E-state index contributed by atoms with van der Waals surface area (Å²) < 4.78 is 7.16. The van der Waals surface area contributed by atoms with Gasteiger partial charge in [-0.15, -0.1) is 10.2 Å². The molecule has 0 fully saturated rings. The van der Waals surface area contributed by atoms with E-state index in [0.29, 0.717) is 22.5 Å². The number of rotatable bonds is 8. The Morgan fingerprint density at radius 2 is 1.62 bits per heavy atom. The molecule has 1 amide bonds. The van der Waals surface area contributed by atoms with Gasteiger partial charge in [-0.1, -0.05) is 72.4 Å². The molecule has 0 aliphatic carbocycles. The van der Waals surface area contributed by atoms with Crippen LogP contribution >= 0.6 is 11.8 Å². The lowest BCUT2D eigenvalue weighted by Crippen LogP contribution is -2.31. The van der Waals surface area contributed by atoms with E-state index in [-0.39, 0.29) is 12.5 Å². The van der Waals surface area contributed by atoms with Crippen molar-refractivity contribution in [2.24, 2.45) is 0 Å². The third-order valence-electron chi connectivity index (χ3n) is 4.87. The molecule has 7 nitrogen and oxygen atoms in total. The second-order valence-corrected chi connectivity index (χ2v) is 7.99. The first-order valence-electron chi connectivity index (χ1n) is 10.0. The van der Waals surface area contributed by atoms with E-state index in [9.17, 15) is 4.79 Å². The third-order valence-corrected chi connectivity index (χ3v) is 5.88. The minimum absolute atomic E-state index is 0.0297. The van der Waals surface area contributed by atoms with Crippen molar-refractivity contribution < 1.29 is 9.53 Å². The number of aromatic nitrogens is 3. The highest BCUT2D eigenvalue weighted by Crippen LogP contribution is 2.25. The van der Waals surface area contributed by atoms with E-state index in [1.165, 1.54) is 16.4 Å². The molecule has 0 unspecified atom stereocenters. The Balaban J connectivity index is 1.30. The molecule has 0 aliphatic rings. The summed E-state index contributed by atoms with van der Waals surface area (Å²) in [5.41, 5.74) is 2.83. The third kappa shape index (κ3) is 5.09. The summed E-state index contributed by atoms with van der Waals surface area (Å²) in [6.07, 6.45) is 0. The topological polar surface area (TPSA) is 86.3 Å². The zero-order chi connectivity index (χ0) is 22.3. The van der Waals surface area contributed by atoms with E-state index in [0.717, 1.165) is 16.8 Å². The Hall–Kier alpha value is -3.78. The summed E-state index contributed by atoms with van der Waals surface area (Å²) in [4.78, 5) is 13.9. The van der Waals surface area contributed by atoms with Crippen molar-refractivity contribution >= 4 is 23.4 Å². The Morgan fingerprint density at radius 3 is 2.31 bits per heavy atom. The van der Waals surface area contributed by atoms with E-state index in [2.05, 4.69) is 10.2 Å². The number of nitrogens with zero attached hydrogens (tertiary/aromatic N) is 4. The molecule has 3 aromatic carbocycles. The largest absolute Gasteiger partial charge is 0.484 e. The highest BCUT2D eigenvalue weighted by molar-refractivity contribution is 7.98. The molecule has 0 bridgehead atoms. The normalized spacial score (nSPS) is 10.7. The maximum absolute atomic E-state index is 12.4. The molecular formula is C24H23N5O2S. The number of amides is 1. The molecule has 1 aromatic heterocycles. The van der Waals surface area contributed by atoms with Crippen molar-refractivity contribution in [1.82, 2.24) is 14.9 Å². The van der Waals surface area contributed by atoms with E-state index in [1.54, 1.807) is 11.9 Å². The second kappa shape index (κ2) is 10.0. The molecule has 0 spiro atoms. The van der Waals surface area contributed by atoms with Crippen LogP contribution in [-0.2, 0) is 10.5 Å². The van der Waals surface area contributed by atoms with Crippen molar-refractivity contribution in [3.63, 3.8) is 0 Å². The number of likely N-dealkylation sites (N-methyl/N-ethyl adjacent to an activating group) is 1. The van der Waals surface area contributed by atoms with Gasteiger partial charge in [-0.05, 0) is 29.8 Å². The van der Waals surface area contributed by atoms with Crippen LogP contribution in [0.5, 0.6) is 5.75 Å². The first kappa shape index (κ1) is 21.5. The van der Waals surface area contributed by atoms with Crippen molar-refractivity contribution in [3.05, 3.63) is 90.5 Å². The maximum Gasteiger partial charge on any atom is 0.264 e. The van der Waals surface area contributed by atoms with Crippen molar-refractivity contribution in [1.29, 1.82) is 0 Å². The van der Waals surface area contributed by atoms with Crippen LogP contribution in [0.3, 0.4) is 0 Å². The number of carbonyl (C=O) groups excluding carboxylic acids is 1. The fourth-order valence-corrected chi connectivity index (χ4v) is 3.84. The van der Waals surface area contributed by atoms with Gasteiger partial charge in [-0.3, -0.25) is 4.79 Å². The number of para-hydroxylation sites is 1. The SMILES string of the molecule is CN(C(=O)COc1ccc(CSc2nnc(-c3ccccc3)n2N)cc1)c1ccccc1. The molecule has 1 heterocycles. The predicted octanol–water partition coefficient (Wildman–Crippen LogP) is 3.99. The summed E-state index contributed by atoms with van der Waals surface area (Å²) in [6, 6.07) is 26.8. The van der Waals surface area contributed by atoms with Crippen LogP contribution in [0.15, 0.2) is 90.1 Å². The molecule has 0 saturated heterocycles. The van der Waals surface area contributed by atoms with Gasteiger partial charge in [-0.2, -0.15) is 0 Å². The molecule has 0 aliphatic heterocycles. The zero-order valence-electron chi connectivity index (χ0n) is 17.6. The van der Waals surface area contributed by atoms with Crippen LogP contribution in [0, 0.1) is 0 Å². The lowest BCUT2D eigenvalue weighted by Gasteiger charge is -2.17. The Morgan fingerprint density at radius 1 is 0.969 bits per heavy atom. The molecule has 4 aromatic rings. The number of anilines is 1. The van der Waals surface area contributed by atoms with Gasteiger partial charge in [0.2, 0.25) is 5.16 Å². The summed E-state index contributed by atoms with van der Waals surface area (Å²) >= 11 is 1.50. The number of hydrogen-bond donors (Lipinski definition) is 1. The van der Waals surface area contributed by atoms with Crippen LogP contribution in [0.25, 0.3) is 11.4 Å². The lowest BCUT2D eigenvalue weighted by atomic mass is 10.2. The number of nitrogen functional groups attached to an aromatic ring is 1. The fourth-order valence-electron chi connectivity index (χ4n) is 3.03. The number of hydrogen-bond acceptors (Lipinski definition) is 6. The number of benzene rings is 3. The average molecular weight is 446 g/mol. The summed E-state index contributed by atoms with van der Waals surface area (Å²) in [5.74, 6) is 8.00. The minimum Gasteiger partial charge on any atom is -0.484 e. The van der Waals surface area contributed by atoms with Crippen LogP contribution in [0.2, 0.25) is 0 Å². The quantitative estimate of drug-likeness (QED) is 0.326. The Labute approximate surface area is 190 Å². The number of ether oxygens (including phenoxy) is 1. The van der Waals surface area contributed by atoms with Crippen molar-refractivity contribution in [2.45, 2.75) is 10.9 Å². The van der Waals surface area contributed by atoms with Crippen LogP contribution in [0.1, 0.15) is 5.56 Å². The number of thioether (sulfide) groups is 1. The van der Waals surface area contributed by atoms with E-state index < -0.39 is 0 Å². The fraction of sp³-hybridized carbons (Fsp3) is 0.125. The summed E-state index contributed by atoms with van der Waals surface area (Å²) in [7, 11) is 1.74. The summed E-state index contributed by atoms with van der Waals surface area (Å²) in [5, 5.41) is 9.04. The second-order valence-electron chi connectivity index (χ2n) is 7.05. The van der Waals surface area contributed by atoms with Gasteiger partial charge in [0.25, 0.3) is 5.91 Å². The monoisotopic (exact) mass is 445 g/mol. The van der Waals surface area contributed by atoms with Crippen molar-refractivity contribution in [3.8, 4) is 17.1 Å². The number of carbonyl (C=O) groups is 1. The molecule has 32 heavy (non-hydrogen) atoms. The molecule has 0 atom stereocenters. The van der Waals surface area contributed by atoms with Gasteiger partial charge in [0.15, 0.2) is 12.4 Å². The number of nitrogens with two attached hydrogens (primary N) is 1. The zero-order valence-corrected chi connectivity index (χ0v) is 18.4. The minimum atomic E-state index is -0.118. The van der Waals surface area contributed by atoms with Crippen LogP contribution < -0.4 is 15.5 Å². The smallest absolute Gasteiger partial charge is 0.264 e. The maximum atomic E-state index is 12.4. The standard InChI is InChI=1S/C24H23N5O2S/c1-28(20-10-6-3-7-11-20)22(30)16-31-21-14-12-18(13-15-21)17-32-24-27-26-23(29(24)25)19-8-4-2-5-9-19/h2-15H,16-17,25H2,1H3. The van der Waals surface area contributed by atoms with Gasteiger partial charge in [0.05, 0.1) is 0 Å². The van der Waals surface area contributed by atoms with Gasteiger partial charge in [0.1, 0.15) is 5.75 Å². The molecule has 4 rings (SSSR count). The van der Waals surface area contributed by atoms with Gasteiger partial charge < -0.3 is 15.5 Å². The molecule has 0 radical (unpaired) electrons. The molecule has 2 N–H and O–H groups in total. The van der Waals surface area contributed by atoms with E-state index in [4.69, 9.17) is 10.6 Å². The van der Waals surface area contributed by atoms with Crippen LogP contribution in [-0.4, -0.2) is 34.4 Å². The first-order chi connectivity index (χ1) is 15.6. The predicted molar refractivity (Wildman–Crippen MR) is 127 cm³/mol. The highest BCUT2D eigenvalue weighted by Gasteiger charge is 2.13. The molecular weight excluding hydrogens is 422 g/mol.